The Morgan fingerprint density at radius 3 is 3.00 bits per heavy atom. The first-order valence-corrected chi connectivity index (χ1v) is 4.87. The van der Waals surface area contributed by atoms with E-state index in [1.807, 2.05) is 26.1 Å². The normalized spacial score (nSPS) is 11.9. The summed E-state index contributed by atoms with van der Waals surface area (Å²) in [6.45, 7) is 4.61. The van der Waals surface area contributed by atoms with Gasteiger partial charge in [0.2, 0.25) is 0 Å². The van der Waals surface area contributed by atoms with Crippen LogP contribution in [0.4, 0.5) is 5.82 Å². The molecule has 2 heterocycles. The second-order valence-electron chi connectivity index (χ2n) is 4.30. The highest BCUT2D eigenvalue weighted by atomic mass is 15.0. The molecule has 0 aliphatic carbocycles. The van der Waals surface area contributed by atoms with Crippen molar-refractivity contribution in [1.29, 1.82) is 0 Å². The van der Waals surface area contributed by atoms with E-state index in [1.54, 1.807) is 0 Å². The van der Waals surface area contributed by atoms with E-state index >= 15 is 0 Å². The van der Waals surface area contributed by atoms with Crippen molar-refractivity contribution in [3.05, 3.63) is 18.6 Å². The van der Waals surface area contributed by atoms with Crippen LogP contribution in [-0.4, -0.2) is 27.0 Å². The number of nitrogens with one attached hydrogen (secondary N) is 2. The van der Waals surface area contributed by atoms with Gasteiger partial charge in [-0.3, -0.25) is 0 Å². The van der Waals surface area contributed by atoms with Crippen LogP contribution in [0.2, 0.25) is 0 Å². The molecule has 0 bridgehead atoms. The number of fused-ring (bicyclic) bond motifs is 1. The van der Waals surface area contributed by atoms with Gasteiger partial charge in [0.15, 0.2) is 0 Å². The summed E-state index contributed by atoms with van der Waals surface area (Å²) in [5.41, 5.74) is 6.47. The molecule has 0 saturated carbocycles. The van der Waals surface area contributed by atoms with Gasteiger partial charge in [-0.1, -0.05) is 0 Å². The zero-order chi connectivity index (χ0) is 10.9. The van der Waals surface area contributed by atoms with Crippen molar-refractivity contribution in [1.82, 2.24) is 15.0 Å². The fraction of sp³-hybridized carbons (Fsp3) is 0.400. The molecule has 5 nitrogen and oxygen atoms in total. The Labute approximate surface area is 88.1 Å². The molecule has 80 valence electrons. The number of H-pyrrole nitrogens is 1. The van der Waals surface area contributed by atoms with Crippen LogP contribution in [0.1, 0.15) is 13.8 Å². The van der Waals surface area contributed by atoms with Crippen LogP contribution in [-0.2, 0) is 0 Å². The van der Waals surface area contributed by atoms with Gasteiger partial charge >= 0.3 is 0 Å². The number of hydrogen-bond donors (Lipinski definition) is 3. The standard InChI is InChI=1S/C10H15N5/c1-10(2,11)5-13-9-7-3-4-12-8(7)14-6-15-9/h3-4,6H,5,11H2,1-2H3,(H2,12,13,14,15). The Hall–Kier alpha value is -1.62. The largest absolute Gasteiger partial charge is 0.368 e. The summed E-state index contributed by atoms with van der Waals surface area (Å²) < 4.78 is 0. The summed E-state index contributed by atoms with van der Waals surface area (Å²) in [4.78, 5) is 11.3. The van der Waals surface area contributed by atoms with Gasteiger partial charge in [0.1, 0.15) is 17.8 Å². The van der Waals surface area contributed by atoms with Gasteiger partial charge in [-0.2, -0.15) is 0 Å². The van der Waals surface area contributed by atoms with Gasteiger partial charge in [0, 0.05) is 18.3 Å². The molecule has 0 spiro atoms. The van der Waals surface area contributed by atoms with E-state index in [9.17, 15) is 0 Å². The predicted molar refractivity (Wildman–Crippen MR) is 60.6 cm³/mol. The summed E-state index contributed by atoms with van der Waals surface area (Å²) in [7, 11) is 0. The third-order valence-corrected chi connectivity index (χ3v) is 2.07. The van der Waals surface area contributed by atoms with Crippen molar-refractivity contribution in [2.45, 2.75) is 19.4 Å². The molecule has 4 N–H and O–H groups in total. The lowest BCUT2D eigenvalue weighted by Gasteiger charge is -2.19. The maximum absolute atomic E-state index is 5.89. The summed E-state index contributed by atoms with van der Waals surface area (Å²) in [6.07, 6.45) is 3.38. The van der Waals surface area contributed by atoms with Crippen molar-refractivity contribution in [3.63, 3.8) is 0 Å². The first kappa shape index (κ1) is 9.92. The Morgan fingerprint density at radius 1 is 1.47 bits per heavy atom. The van der Waals surface area contributed by atoms with Crippen molar-refractivity contribution in [3.8, 4) is 0 Å². The average Bonchev–Trinajstić information content (AvgIpc) is 2.61. The van der Waals surface area contributed by atoms with Gasteiger partial charge in [-0.25, -0.2) is 9.97 Å². The van der Waals surface area contributed by atoms with Crippen LogP contribution in [0.15, 0.2) is 18.6 Å². The second kappa shape index (κ2) is 3.51. The smallest absolute Gasteiger partial charge is 0.142 e. The summed E-state index contributed by atoms with van der Waals surface area (Å²) in [6, 6.07) is 1.95. The molecular formula is C10H15N5. The summed E-state index contributed by atoms with van der Waals surface area (Å²) >= 11 is 0. The van der Waals surface area contributed by atoms with E-state index in [-0.39, 0.29) is 5.54 Å². The second-order valence-corrected chi connectivity index (χ2v) is 4.30. The van der Waals surface area contributed by atoms with Crippen LogP contribution in [0.25, 0.3) is 11.0 Å². The lowest BCUT2D eigenvalue weighted by molar-refractivity contribution is 0.549. The number of hydrogen-bond acceptors (Lipinski definition) is 4. The van der Waals surface area contributed by atoms with Crippen LogP contribution >= 0.6 is 0 Å². The fourth-order valence-electron chi connectivity index (χ4n) is 1.32. The van der Waals surface area contributed by atoms with E-state index < -0.39 is 0 Å². The van der Waals surface area contributed by atoms with E-state index in [0.717, 1.165) is 16.9 Å². The zero-order valence-electron chi connectivity index (χ0n) is 8.91. The summed E-state index contributed by atoms with van der Waals surface area (Å²) in [5.74, 6) is 0.819. The number of rotatable bonds is 3. The van der Waals surface area contributed by atoms with Crippen molar-refractivity contribution in [2.75, 3.05) is 11.9 Å². The minimum atomic E-state index is -0.256. The lowest BCUT2D eigenvalue weighted by atomic mass is 10.1. The average molecular weight is 205 g/mol. The molecule has 0 saturated heterocycles. The van der Waals surface area contributed by atoms with Crippen molar-refractivity contribution < 1.29 is 0 Å². The monoisotopic (exact) mass is 205 g/mol. The predicted octanol–water partition coefficient (Wildman–Crippen LogP) is 1.11. The molecule has 0 aliphatic rings. The number of aromatic amines is 1. The quantitative estimate of drug-likeness (QED) is 0.701. The Bertz CT molecular complexity index is 454. The molecule has 0 amide bonds. The molecule has 0 aromatic carbocycles. The number of anilines is 1. The Kier molecular flexibility index (Phi) is 2.32. The highest BCUT2D eigenvalue weighted by molar-refractivity contribution is 5.86. The fourth-order valence-corrected chi connectivity index (χ4v) is 1.32. The molecule has 5 heteroatoms. The molecule has 2 rings (SSSR count). The van der Waals surface area contributed by atoms with Gasteiger partial charge < -0.3 is 16.0 Å². The molecule has 2 aromatic heterocycles. The Balaban J connectivity index is 2.24. The van der Waals surface area contributed by atoms with Crippen LogP contribution in [0.3, 0.4) is 0 Å². The van der Waals surface area contributed by atoms with E-state index in [4.69, 9.17) is 5.73 Å². The molecular weight excluding hydrogens is 190 g/mol. The third-order valence-electron chi connectivity index (χ3n) is 2.07. The van der Waals surface area contributed by atoms with Crippen LogP contribution in [0.5, 0.6) is 0 Å². The van der Waals surface area contributed by atoms with E-state index in [1.165, 1.54) is 6.33 Å². The van der Waals surface area contributed by atoms with Crippen LogP contribution in [0, 0.1) is 0 Å². The minimum absolute atomic E-state index is 0.256. The SMILES string of the molecule is CC(C)(N)CNc1ncnc2[nH]ccc12. The number of nitrogens with zero attached hydrogens (tertiary/aromatic N) is 2. The third kappa shape index (κ3) is 2.24. The zero-order valence-corrected chi connectivity index (χ0v) is 8.91. The highest BCUT2D eigenvalue weighted by Crippen LogP contribution is 2.17. The molecule has 0 radical (unpaired) electrons. The topological polar surface area (TPSA) is 79.6 Å². The molecule has 2 aromatic rings. The number of nitrogens with two attached hydrogens (primary N) is 1. The lowest BCUT2D eigenvalue weighted by Crippen LogP contribution is -2.39. The van der Waals surface area contributed by atoms with E-state index in [2.05, 4.69) is 20.3 Å². The molecule has 0 fully saturated rings. The molecule has 0 atom stereocenters. The van der Waals surface area contributed by atoms with Gasteiger partial charge in [-0.05, 0) is 19.9 Å². The van der Waals surface area contributed by atoms with Crippen molar-refractivity contribution in [2.24, 2.45) is 5.73 Å². The Morgan fingerprint density at radius 2 is 2.27 bits per heavy atom. The highest BCUT2D eigenvalue weighted by Gasteiger charge is 2.11. The van der Waals surface area contributed by atoms with Crippen LogP contribution < -0.4 is 11.1 Å². The van der Waals surface area contributed by atoms with Crippen molar-refractivity contribution >= 4 is 16.9 Å². The van der Waals surface area contributed by atoms with Gasteiger partial charge in [0.25, 0.3) is 0 Å². The minimum Gasteiger partial charge on any atom is -0.368 e. The maximum Gasteiger partial charge on any atom is 0.142 e. The summed E-state index contributed by atoms with van der Waals surface area (Å²) in [5, 5.41) is 4.21. The van der Waals surface area contributed by atoms with E-state index in [0.29, 0.717) is 6.54 Å². The maximum atomic E-state index is 5.89. The number of aromatic nitrogens is 3. The van der Waals surface area contributed by atoms with Gasteiger partial charge in [0.05, 0.1) is 5.39 Å². The molecule has 15 heavy (non-hydrogen) atoms. The molecule has 0 aliphatic heterocycles. The first-order valence-electron chi connectivity index (χ1n) is 4.87. The van der Waals surface area contributed by atoms with Gasteiger partial charge in [-0.15, -0.1) is 0 Å². The first-order chi connectivity index (χ1) is 7.06. The molecule has 0 unspecified atom stereocenters.